The van der Waals surface area contributed by atoms with Crippen molar-refractivity contribution < 1.29 is 43.5 Å². The zero-order valence-electron chi connectivity index (χ0n) is 19.3. The van der Waals surface area contributed by atoms with Crippen molar-refractivity contribution in [2.45, 2.75) is 49.5 Å². The molecule has 0 saturated heterocycles. The Labute approximate surface area is 221 Å². The van der Waals surface area contributed by atoms with Gasteiger partial charge in [-0.15, -0.1) is 0 Å². The van der Waals surface area contributed by atoms with Crippen LogP contribution in [0.25, 0.3) is 0 Å². The summed E-state index contributed by atoms with van der Waals surface area (Å²) < 4.78 is 0. The van der Waals surface area contributed by atoms with Crippen molar-refractivity contribution in [3.63, 3.8) is 0 Å². The molecule has 0 aromatic rings. The highest BCUT2D eigenvalue weighted by molar-refractivity contribution is 7.80. The molecule has 0 aliphatic rings. The Morgan fingerprint density at radius 3 is 1.27 bits per heavy atom. The van der Waals surface area contributed by atoms with Crippen LogP contribution >= 0.6 is 25.3 Å². The SMILES string of the molecule is NC(=O)C[C@H](NC(=O)[C@H](CS)NC(=O)[C@H](CC(N)=O)NC(=O)[C@H](CS)NC(=O)[C@@H](N)CC(N)=O)C(=O)O. The number of thiol groups is 2. The van der Waals surface area contributed by atoms with Crippen LogP contribution in [0.5, 0.6) is 0 Å². The summed E-state index contributed by atoms with van der Waals surface area (Å²) in [6, 6.07) is -7.53. The van der Waals surface area contributed by atoms with Crippen LogP contribution in [0, 0.1) is 0 Å². The molecule has 0 aliphatic heterocycles. The first-order chi connectivity index (χ1) is 17.1. The van der Waals surface area contributed by atoms with Crippen LogP contribution in [0.2, 0.25) is 0 Å². The Hall–Kier alpha value is -3.58. The molecule has 0 heterocycles. The van der Waals surface area contributed by atoms with Gasteiger partial charge in [0.15, 0.2) is 0 Å². The average molecular weight is 567 g/mol. The Bertz CT molecular complexity index is 920. The molecule has 0 aromatic heterocycles. The van der Waals surface area contributed by atoms with Gasteiger partial charge in [0.1, 0.15) is 24.2 Å². The topological polar surface area (TPSA) is 309 Å². The number of amides is 7. The van der Waals surface area contributed by atoms with Gasteiger partial charge in [-0.3, -0.25) is 33.6 Å². The molecular formula is C18H30N8O9S2. The van der Waals surface area contributed by atoms with E-state index in [1.165, 1.54) is 0 Å². The number of hydrogen-bond acceptors (Lipinski definition) is 11. The van der Waals surface area contributed by atoms with Gasteiger partial charge < -0.3 is 49.3 Å². The Morgan fingerprint density at radius 2 is 0.892 bits per heavy atom. The normalized spacial score (nSPS) is 14.6. The monoisotopic (exact) mass is 566 g/mol. The Kier molecular flexibility index (Phi) is 14.7. The maximum absolute atomic E-state index is 12.7. The maximum atomic E-state index is 12.7. The van der Waals surface area contributed by atoms with Crippen LogP contribution in [0.15, 0.2) is 0 Å². The van der Waals surface area contributed by atoms with E-state index >= 15 is 0 Å². The van der Waals surface area contributed by atoms with E-state index in [4.69, 9.17) is 28.0 Å². The summed E-state index contributed by atoms with van der Waals surface area (Å²) >= 11 is 7.85. The van der Waals surface area contributed by atoms with Gasteiger partial charge in [0.2, 0.25) is 41.4 Å². The molecule has 0 rings (SSSR count). The van der Waals surface area contributed by atoms with Crippen molar-refractivity contribution >= 4 is 72.6 Å². The second kappa shape index (κ2) is 16.2. The molecule has 17 nitrogen and oxygen atoms in total. The third kappa shape index (κ3) is 12.8. The number of aliphatic carboxylic acids is 1. The van der Waals surface area contributed by atoms with E-state index in [0.717, 1.165) is 0 Å². The van der Waals surface area contributed by atoms with E-state index in [9.17, 15) is 38.4 Å². The first kappa shape index (κ1) is 33.4. The lowest BCUT2D eigenvalue weighted by molar-refractivity contribution is -0.143. The van der Waals surface area contributed by atoms with Crippen molar-refractivity contribution in [3.05, 3.63) is 0 Å². The van der Waals surface area contributed by atoms with Crippen molar-refractivity contribution in [2.75, 3.05) is 11.5 Å². The molecule has 0 bridgehead atoms. The molecule has 13 N–H and O–H groups in total. The van der Waals surface area contributed by atoms with Gasteiger partial charge in [-0.25, -0.2) is 4.79 Å². The number of hydrogen-bond donors (Lipinski definition) is 11. The lowest BCUT2D eigenvalue weighted by Gasteiger charge is -2.25. The van der Waals surface area contributed by atoms with Crippen LogP contribution in [0.4, 0.5) is 0 Å². The maximum Gasteiger partial charge on any atom is 0.326 e. The second-order valence-corrected chi connectivity index (χ2v) is 8.30. The van der Waals surface area contributed by atoms with Crippen molar-refractivity contribution in [1.82, 2.24) is 21.3 Å². The molecule has 208 valence electrons. The molecule has 19 heteroatoms. The molecule has 0 radical (unpaired) electrons. The molecule has 0 aliphatic carbocycles. The molecule has 0 aromatic carbocycles. The van der Waals surface area contributed by atoms with Crippen molar-refractivity contribution in [1.29, 1.82) is 0 Å². The fraction of sp³-hybridized carbons (Fsp3) is 0.556. The lowest BCUT2D eigenvalue weighted by Crippen LogP contribution is -2.60. The lowest BCUT2D eigenvalue weighted by atomic mass is 10.1. The second-order valence-electron chi connectivity index (χ2n) is 7.57. The van der Waals surface area contributed by atoms with Gasteiger partial charge in [0.05, 0.1) is 25.3 Å². The summed E-state index contributed by atoms with van der Waals surface area (Å²) in [5.41, 5.74) is 20.6. The van der Waals surface area contributed by atoms with Crippen LogP contribution in [-0.4, -0.2) is 94.1 Å². The zero-order chi connectivity index (χ0) is 28.9. The van der Waals surface area contributed by atoms with E-state index in [0.29, 0.717) is 0 Å². The zero-order valence-corrected chi connectivity index (χ0v) is 21.1. The largest absolute Gasteiger partial charge is 0.480 e. The van der Waals surface area contributed by atoms with E-state index in [-0.39, 0.29) is 11.5 Å². The number of carboxylic acids is 1. The molecule has 0 spiro atoms. The van der Waals surface area contributed by atoms with Crippen molar-refractivity contribution in [3.8, 4) is 0 Å². The van der Waals surface area contributed by atoms with Gasteiger partial charge >= 0.3 is 5.97 Å². The molecule has 0 fully saturated rings. The third-order valence-corrected chi connectivity index (χ3v) is 5.18. The number of carboxylic acid groups (broad SMARTS) is 1. The average Bonchev–Trinajstić information content (AvgIpc) is 2.78. The summed E-state index contributed by atoms with van der Waals surface area (Å²) in [5.74, 6) is -9.14. The van der Waals surface area contributed by atoms with E-state index < -0.39 is 96.8 Å². The first-order valence-electron chi connectivity index (χ1n) is 10.4. The summed E-state index contributed by atoms with van der Waals surface area (Å²) in [5, 5.41) is 17.7. The highest BCUT2D eigenvalue weighted by Crippen LogP contribution is 2.01. The summed E-state index contributed by atoms with van der Waals surface area (Å²) in [6.45, 7) is 0. The highest BCUT2D eigenvalue weighted by atomic mass is 32.1. The Morgan fingerprint density at radius 1 is 0.568 bits per heavy atom. The van der Waals surface area contributed by atoms with Crippen LogP contribution in [0.3, 0.4) is 0 Å². The molecular weight excluding hydrogens is 536 g/mol. The fourth-order valence-corrected chi connectivity index (χ4v) is 3.12. The van der Waals surface area contributed by atoms with Crippen LogP contribution < -0.4 is 44.2 Å². The van der Waals surface area contributed by atoms with Gasteiger partial charge in [-0.05, 0) is 0 Å². The van der Waals surface area contributed by atoms with Crippen LogP contribution in [0.1, 0.15) is 19.3 Å². The number of primary amides is 3. The van der Waals surface area contributed by atoms with Gasteiger partial charge in [-0.1, -0.05) is 0 Å². The predicted octanol–water partition coefficient (Wildman–Crippen LogP) is -6.18. The molecule has 0 saturated carbocycles. The molecule has 7 amide bonds. The molecule has 0 unspecified atom stereocenters. The summed E-state index contributed by atoms with van der Waals surface area (Å²) in [7, 11) is 0. The molecule has 5 atom stereocenters. The van der Waals surface area contributed by atoms with E-state index in [1.54, 1.807) is 0 Å². The minimum atomic E-state index is -1.69. The van der Waals surface area contributed by atoms with E-state index in [2.05, 4.69) is 41.2 Å². The van der Waals surface area contributed by atoms with Gasteiger partial charge in [0, 0.05) is 11.5 Å². The van der Waals surface area contributed by atoms with Crippen molar-refractivity contribution in [2.24, 2.45) is 22.9 Å². The Balaban J connectivity index is 5.48. The van der Waals surface area contributed by atoms with Gasteiger partial charge in [0.25, 0.3) is 0 Å². The quantitative estimate of drug-likeness (QED) is 0.0740. The third-order valence-electron chi connectivity index (χ3n) is 4.45. The highest BCUT2D eigenvalue weighted by Gasteiger charge is 2.32. The van der Waals surface area contributed by atoms with E-state index in [1.807, 2.05) is 5.32 Å². The minimum absolute atomic E-state index is 0.288. The number of carbonyl (C=O) groups is 8. The number of carbonyl (C=O) groups excluding carboxylic acids is 7. The van der Waals surface area contributed by atoms with Gasteiger partial charge in [-0.2, -0.15) is 25.3 Å². The first-order valence-corrected chi connectivity index (χ1v) is 11.7. The predicted molar refractivity (Wildman–Crippen MR) is 132 cm³/mol. The smallest absolute Gasteiger partial charge is 0.326 e. The van der Waals surface area contributed by atoms with Crippen LogP contribution in [-0.2, 0) is 38.4 Å². The number of nitrogens with one attached hydrogen (secondary N) is 4. The fourth-order valence-electron chi connectivity index (χ4n) is 2.61. The number of rotatable bonds is 17. The minimum Gasteiger partial charge on any atom is -0.480 e. The number of nitrogens with two attached hydrogens (primary N) is 4. The molecule has 37 heavy (non-hydrogen) atoms. The summed E-state index contributed by atoms with van der Waals surface area (Å²) in [6.07, 6.45) is -1.96. The summed E-state index contributed by atoms with van der Waals surface area (Å²) in [4.78, 5) is 94.5. The standard InChI is InChI=1S/C18H30N8O9S2/c19-6(1-11(20)27)14(30)25-9(4-36)16(32)23-7(2-12(21)28)15(31)26-10(5-37)17(33)24-8(18(34)35)3-13(22)29/h6-10,36-37H,1-5,19H2,(H2,20,27)(H2,21,28)(H2,22,29)(H,23,32)(H,24,33)(H,25,30)(H,26,31)(H,34,35)/t6-,7-,8-,9-,10-/m0/s1.